The van der Waals surface area contributed by atoms with Crippen molar-refractivity contribution in [1.29, 1.82) is 0 Å². The molecule has 1 aromatic rings. The monoisotopic (exact) mass is 220 g/mol. The third-order valence-electron chi connectivity index (χ3n) is 2.27. The Morgan fingerprint density at radius 1 is 1.07 bits per heavy atom. The van der Waals surface area contributed by atoms with Crippen LogP contribution >= 0.6 is 11.8 Å². The van der Waals surface area contributed by atoms with E-state index in [9.17, 15) is 0 Å². The first kappa shape index (κ1) is 12.4. The molecule has 0 aliphatic rings. The molecule has 0 fully saturated rings. The lowest BCUT2D eigenvalue weighted by atomic mass is 10.2. The summed E-state index contributed by atoms with van der Waals surface area (Å²) in [5, 5.41) is 2.21. The Hall–Kier alpha value is -0.690. The zero-order valence-corrected chi connectivity index (χ0v) is 10.3. The predicted octanol–water partition coefficient (Wildman–Crippen LogP) is 4.97. The quantitative estimate of drug-likeness (QED) is 0.585. The molecule has 0 aliphatic carbocycles. The number of hydrogen-bond donors (Lipinski definition) is 0. The summed E-state index contributed by atoms with van der Waals surface area (Å²) in [6.07, 6.45) is 7.61. The first-order chi connectivity index (χ1) is 7.43. The molecule has 0 radical (unpaired) electrons. The highest BCUT2D eigenvalue weighted by Gasteiger charge is 1.87. The molecule has 0 heterocycles. The maximum Gasteiger partial charge on any atom is -0.00260 e. The second-order valence-corrected chi connectivity index (χ2v) is 4.66. The van der Waals surface area contributed by atoms with Crippen molar-refractivity contribution in [2.45, 2.75) is 32.6 Å². The molecule has 1 aromatic carbocycles. The van der Waals surface area contributed by atoms with Gasteiger partial charge in [0.2, 0.25) is 0 Å². The minimum absolute atomic E-state index is 1.25. The molecule has 0 atom stereocenters. The van der Waals surface area contributed by atoms with Crippen LogP contribution in [0.15, 0.2) is 35.7 Å². The van der Waals surface area contributed by atoms with Gasteiger partial charge in [-0.15, -0.1) is 11.8 Å². The number of thioether (sulfide) groups is 1. The van der Waals surface area contributed by atoms with Gasteiger partial charge < -0.3 is 0 Å². The lowest BCUT2D eigenvalue weighted by Crippen LogP contribution is -1.78. The first-order valence-electron chi connectivity index (χ1n) is 5.76. The van der Waals surface area contributed by atoms with Crippen LogP contribution in [0.5, 0.6) is 0 Å². The van der Waals surface area contributed by atoms with Gasteiger partial charge in [-0.05, 0) is 29.2 Å². The van der Waals surface area contributed by atoms with Crippen molar-refractivity contribution >= 4 is 17.8 Å². The molecular weight excluding hydrogens is 200 g/mol. The van der Waals surface area contributed by atoms with Gasteiger partial charge in [-0.25, -0.2) is 0 Å². The summed E-state index contributed by atoms with van der Waals surface area (Å²) in [6, 6.07) is 10.5. The van der Waals surface area contributed by atoms with E-state index >= 15 is 0 Å². The largest absolute Gasteiger partial charge is 0.134 e. The smallest absolute Gasteiger partial charge is 0.00260 e. The summed E-state index contributed by atoms with van der Waals surface area (Å²) >= 11 is 1.92. The zero-order valence-electron chi connectivity index (χ0n) is 9.49. The minimum Gasteiger partial charge on any atom is -0.134 e. The van der Waals surface area contributed by atoms with Gasteiger partial charge >= 0.3 is 0 Å². The molecule has 0 aliphatic heterocycles. The lowest BCUT2D eigenvalue weighted by Gasteiger charge is -1.96. The van der Waals surface area contributed by atoms with Gasteiger partial charge in [-0.3, -0.25) is 0 Å². The molecule has 0 saturated carbocycles. The molecule has 0 spiro atoms. The highest BCUT2D eigenvalue weighted by molar-refractivity contribution is 8.02. The van der Waals surface area contributed by atoms with E-state index in [1.165, 1.54) is 37.0 Å². The summed E-state index contributed by atoms with van der Waals surface area (Å²) in [4.78, 5) is 0. The van der Waals surface area contributed by atoms with E-state index in [1.807, 2.05) is 11.8 Å². The fourth-order valence-electron chi connectivity index (χ4n) is 1.37. The summed E-state index contributed by atoms with van der Waals surface area (Å²) in [6.45, 7) is 2.25. The van der Waals surface area contributed by atoms with Gasteiger partial charge in [-0.1, -0.05) is 56.5 Å². The Balaban J connectivity index is 2.07. The summed E-state index contributed by atoms with van der Waals surface area (Å²) in [7, 11) is 0. The van der Waals surface area contributed by atoms with Crippen molar-refractivity contribution < 1.29 is 0 Å². The van der Waals surface area contributed by atoms with E-state index in [1.54, 1.807) is 0 Å². The average Bonchev–Trinajstić information content (AvgIpc) is 2.29. The fraction of sp³-hybridized carbons (Fsp3) is 0.429. The van der Waals surface area contributed by atoms with Crippen molar-refractivity contribution in [3.05, 3.63) is 41.3 Å². The second-order valence-electron chi connectivity index (χ2n) is 3.64. The summed E-state index contributed by atoms with van der Waals surface area (Å²) in [5.74, 6) is 1.25. The van der Waals surface area contributed by atoms with Crippen molar-refractivity contribution in [2.24, 2.45) is 0 Å². The van der Waals surface area contributed by atoms with Crippen LogP contribution in [0.3, 0.4) is 0 Å². The molecule has 15 heavy (non-hydrogen) atoms. The standard InChI is InChI=1S/C14H20S/c1-2-3-4-8-12-15-13-11-14-9-6-5-7-10-14/h5-7,9-11,13H,2-4,8,12H2,1H3/b13-11-. The number of hydrogen-bond acceptors (Lipinski definition) is 1. The topological polar surface area (TPSA) is 0 Å². The van der Waals surface area contributed by atoms with E-state index in [0.29, 0.717) is 0 Å². The lowest BCUT2D eigenvalue weighted by molar-refractivity contribution is 0.707. The molecule has 1 rings (SSSR count). The molecule has 82 valence electrons. The first-order valence-corrected chi connectivity index (χ1v) is 6.81. The number of rotatable bonds is 7. The van der Waals surface area contributed by atoms with Gasteiger partial charge in [0.1, 0.15) is 0 Å². The highest BCUT2D eigenvalue weighted by atomic mass is 32.2. The van der Waals surface area contributed by atoms with Crippen LogP contribution < -0.4 is 0 Å². The number of unbranched alkanes of at least 4 members (excludes halogenated alkanes) is 3. The van der Waals surface area contributed by atoms with Crippen LogP contribution in [0, 0.1) is 0 Å². The SMILES string of the molecule is CCCCCCS/C=C\c1ccccc1. The Labute approximate surface area is 97.8 Å². The van der Waals surface area contributed by atoms with Crippen molar-refractivity contribution in [3.8, 4) is 0 Å². The van der Waals surface area contributed by atoms with Gasteiger partial charge in [0.15, 0.2) is 0 Å². The number of benzene rings is 1. The van der Waals surface area contributed by atoms with Crippen LogP contribution in [0.4, 0.5) is 0 Å². The molecule has 0 saturated heterocycles. The van der Waals surface area contributed by atoms with Crippen molar-refractivity contribution in [2.75, 3.05) is 5.75 Å². The zero-order chi connectivity index (χ0) is 10.8. The van der Waals surface area contributed by atoms with Gasteiger partial charge in [0.25, 0.3) is 0 Å². The Morgan fingerprint density at radius 3 is 2.60 bits per heavy atom. The van der Waals surface area contributed by atoms with Crippen molar-refractivity contribution in [3.63, 3.8) is 0 Å². The van der Waals surface area contributed by atoms with Crippen LogP contribution in [-0.2, 0) is 0 Å². The van der Waals surface area contributed by atoms with E-state index in [4.69, 9.17) is 0 Å². The summed E-state index contributed by atoms with van der Waals surface area (Å²) < 4.78 is 0. The Bertz CT molecular complexity index is 264. The molecule has 0 amide bonds. The second kappa shape index (κ2) is 8.60. The molecule has 0 nitrogen and oxygen atoms in total. The maximum atomic E-state index is 2.25. The van der Waals surface area contributed by atoms with Crippen LogP contribution in [0.25, 0.3) is 6.08 Å². The predicted molar refractivity (Wildman–Crippen MR) is 72.1 cm³/mol. The van der Waals surface area contributed by atoms with E-state index < -0.39 is 0 Å². The molecule has 0 bridgehead atoms. The Morgan fingerprint density at radius 2 is 1.87 bits per heavy atom. The molecule has 1 heteroatoms. The molecule has 0 N–H and O–H groups in total. The van der Waals surface area contributed by atoms with Gasteiger partial charge in [0, 0.05) is 0 Å². The van der Waals surface area contributed by atoms with E-state index in [2.05, 4.69) is 48.7 Å². The Kier molecular flexibility index (Phi) is 7.10. The van der Waals surface area contributed by atoms with E-state index in [-0.39, 0.29) is 0 Å². The third kappa shape index (κ3) is 6.40. The average molecular weight is 220 g/mol. The van der Waals surface area contributed by atoms with E-state index in [0.717, 1.165) is 0 Å². The van der Waals surface area contributed by atoms with Crippen LogP contribution in [0.2, 0.25) is 0 Å². The maximum absolute atomic E-state index is 2.25. The van der Waals surface area contributed by atoms with Crippen LogP contribution in [0.1, 0.15) is 38.2 Å². The molecule has 0 unspecified atom stereocenters. The molecular formula is C14H20S. The normalized spacial score (nSPS) is 11.0. The van der Waals surface area contributed by atoms with Gasteiger partial charge in [-0.2, -0.15) is 0 Å². The molecule has 0 aromatic heterocycles. The van der Waals surface area contributed by atoms with Crippen LogP contribution in [-0.4, -0.2) is 5.75 Å². The minimum atomic E-state index is 1.25. The highest BCUT2D eigenvalue weighted by Crippen LogP contribution is 2.11. The van der Waals surface area contributed by atoms with Crippen molar-refractivity contribution in [1.82, 2.24) is 0 Å². The fourth-order valence-corrected chi connectivity index (χ4v) is 2.13. The van der Waals surface area contributed by atoms with Gasteiger partial charge in [0.05, 0.1) is 0 Å². The summed E-state index contributed by atoms with van der Waals surface area (Å²) in [5.41, 5.74) is 1.29. The third-order valence-corrected chi connectivity index (χ3v) is 3.12.